The zero-order chi connectivity index (χ0) is 21.0. The predicted molar refractivity (Wildman–Crippen MR) is 102 cm³/mol. The molecular formula is C18H16FN3O6S. The van der Waals surface area contributed by atoms with Gasteiger partial charge < -0.3 is 19.9 Å². The molecule has 152 valence electrons. The summed E-state index contributed by atoms with van der Waals surface area (Å²) in [6.45, 7) is -0.565. The number of fused-ring (bicyclic) bond motifs is 1. The van der Waals surface area contributed by atoms with Gasteiger partial charge in [-0.2, -0.15) is 8.42 Å². The van der Waals surface area contributed by atoms with Crippen molar-refractivity contribution in [3.8, 4) is 11.5 Å². The van der Waals surface area contributed by atoms with Crippen LogP contribution in [0, 0.1) is 5.82 Å². The van der Waals surface area contributed by atoms with Gasteiger partial charge in [0.25, 0.3) is 10.0 Å². The molecular weight excluding hydrogens is 405 g/mol. The van der Waals surface area contributed by atoms with Crippen LogP contribution in [0.5, 0.6) is 11.5 Å². The van der Waals surface area contributed by atoms with Crippen LogP contribution in [-0.4, -0.2) is 51.9 Å². The normalized spacial score (nSPS) is 14.3. The zero-order valence-electron chi connectivity index (χ0n) is 15.1. The Morgan fingerprint density at radius 3 is 2.83 bits per heavy atom. The van der Waals surface area contributed by atoms with Gasteiger partial charge in [0.2, 0.25) is 0 Å². The van der Waals surface area contributed by atoms with E-state index in [1.165, 1.54) is 49.7 Å². The molecule has 0 saturated carbocycles. The largest absolute Gasteiger partial charge is 0.494 e. The number of hydrogen-bond donors (Lipinski definition) is 2. The van der Waals surface area contributed by atoms with E-state index in [0.717, 1.165) is 0 Å². The molecule has 0 radical (unpaired) electrons. The number of rotatable bonds is 7. The van der Waals surface area contributed by atoms with Crippen LogP contribution in [0.3, 0.4) is 0 Å². The summed E-state index contributed by atoms with van der Waals surface area (Å²) in [7, 11) is -2.51. The van der Waals surface area contributed by atoms with E-state index in [0.29, 0.717) is 5.56 Å². The van der Waals surface area contributed by atoms with Gasteiger partial charge in [-0.05, 0) is 35.9 Å². The van der Waals surface area contributed by atoms with E-state index in [-0.39, 0.29) is 34.5 Å². The fourth-order valence-corrected chi connectivity index (χ4v) is 3.70. The van der Waals surface area contributed by atoms with Crippen LogP contribution in [0.2, 0.25) is 0 Å². The minimum Gasteiger partial charge on any atom is -0.494 e. The van der Waals surface area contributed by atoms with Gasteiger partial charge in [0.05, 0.1) is 7.11 Å². The summed E-state index contributed by atoms with van der Waals surface area (Å²) in [4.78, 5) is 14.7. The van der Waals surface area contributed by atoms with Gasteiger partial charge in [-0.25, -0.2) is 9.18 Å². The highest BCUT2D eigenvalue weighted by atomic mass is 32.2. The first-order valence-electron chi connectivity index (χ1n) is 8.21. The number of aliphatic carboxylic acids is 1. The van der Waals surface area contributed by atoms with Gasteiger partial charge in [0, 0.05) is 11.8 Å². The maximum absolute atomic E-state index is 13.4. The van der Waals surface area contributed by atoms with E-state index < -0.39 is 28.4 Å². The summed E-state index contributed by atoms with van der Waals surface area (Å²) in [5, 5.41) is 11.5. The molecule has 0 spiro atoms. The smallest absolute Gasteiger partial charge is 0.341 e. The topological polar surface area (TPSA) is 127 Å². The molecule has 0 atom stereocenters. The Balaban J connectivity index is 1.72. The van der Waals surface area contributed by atoms with Crippen LogP contribution in [0.1, 0.15) is 11.1 Å². The van der Waals surface area contributed by atoms with Crippen molar-refractivity contribution < 1.29 is 32.2 Å². The van der Waals surface area contributed by atoms with Gasteiger partial charge in [-0.3, -0.25) is 4.99 Å². The summed E-state index contributed by atoms with van der Waals surface area (Å²) in [6, 6.07) is 8.28. The average molecular weight is 421 g/mol. The minimum absolute atomic E-state index is 0.00625. The number of hydrogen-bond acceptors (Lipinski definition) is 7. The van der Waals surface area contributed by atoms with Gasteiger partial charge in [-0.15, -0.1) is 4.40 Å². The molecule has 1 heterocycles. The van der Waals surface area contributed by atoms with Gasteiger partial charge in [0.15, 0.2) is 18.2 Å². The lowest BCUT2D eigenvalue weighted by Gasteiger charge is -2.07. The summed E-state index contributed by atoms with van der Waals surface area (Å²) in [5.41, 5.74) is 0.849. The van der Waals surface area contributed by atoms with Crippen LogP contribution in [0.25, 0.3) is 0 Å². The molecule has 2 aromatic rings. The standard InChI is InChI=1S/C18H16FN3O6S/c1-27-15-6-11(2-4-14(15)19)8-20-10-21-18-13-7-12(28-9-17(23)24)3-5-16(13)29(25,26)22-18/h2-8H,9-10H2,1H3,(H,21,22)(H,23,24)/b20-8+. The van der Waals surface area contributed by atoms with Crippen molar-refractivity contribution in [1.82, 2.24) is 5.32 Å². The number of carboxylic acids is 1. The second-order valence-corrected chi connectivity index (χ2v) is 7.37. The van der Waals surface area contributed by atoms with E-state index in [1.54, 1.807) is 0 Å². The number of methoxy groups -OCH3 is 1. The molecule has 0 aliphatic carbocycles. The van der Waals surface area contributed by atoms with Gasteiger partial charge in [0.1, 0.15) is 23.1 Å². The number of sulfonamides is 1. The highest BCUT2D eigenvalue weighted by Gasteiger charge is 2.29. The zero-order valence-corrected chi connectivity index (χ0v) is 15.9. The number of carboxylic acid groups (broad SMARTS) is 1. The summed E-state index contributed by atoms with van der Waals surface area (Å²) < 4.78 is 51.3. The Kier molecular flexibility index (Phi) is 5.78. The molecule has 9 nitrogen and oxygen atoms in total. The summed E-state index contributed by atoms with van der Waals surface area (Å²) >= 11 is 0. The summed E-state index contributed by atoms with van der Waals surface area (Å²) in [5.74, 6) is -1.31. The van der Waals surface area contributed by atoms with Gasteiger partial charge in [-0.1, -0.05) is 6.07 Å². The molecule has 0 amide bonds. The van der Waals surface area contributed by atoms with E-state index >= 15 is 0 Å². The Labute approximate surface area is 165 Å². The molecule has 0 fully saturated rings. The molecule has 0 aromatic heterocycles. The minimum atomic E-state index is -3.86. The SMILES string of the molecule is COc1cc(/C=N/CNC2=NS(=O)(=O)c3ccc(OCC(=O)O)cc32)ccc1F. The van der Waals surface area contributed by atoms with Crippen LogP contribution >= 0.6 is 0 Å². The lowest BCUT2D eigenvalue weighted by Crippen LogP contribution is -2.23. The monoisotopic (exact) mass is 421 g/mol. The molecule has 0 bridgehead atoms. The predicted octanol–water partition coefficient (Wildman–Crippen LogP) is 1.41. The second kappa shape index (κ2) is 8.27. The summed E-state index contributed by atoms with van der Waals surface area (Å²) in [6.07, 6.45) is 1.46. The third-order valence-electron chi connectivity index (χ3n) is 3.81. The fourth-order valence-electron chi connectivity index (χ4n) is 2.53. The number of nitrogens with one attached hydrogen (secondary N) is 1. The highest BCUT2D eigenvalue weighted by molar-refractivity contribution is 7.90. The molecule has 2 N–H and O–H groups in total. The second-order valence-electron chi connectivity index (χ2n) is 5.80. The van der Waals surface area contributed by atoms with Gasteiger partial charge >= 0.3 is 5.97 Å². The highest BCUT2D eigenvalue weighted by Crippen LogP contribution is 2.29. The van der Waals surface area contributed by atoms with Crippen molar-refractivity contribution in [3.63, 3.8) is 0 Å². The molecule has 11 heteroatoms. The maximum Gasteiger partial charge on any atom is 0.341 e. The molecule has 2 aromatic carbocycles. The number of benzene rings is 2. The van der Waals surface area contributed by atoms with E-state index in [9.17, 15) is 17.6 Å². The Morgan fingerprint density at radius 1 is 1.31 bits per heavy atom. The number of amidine groups is 1. The first-order chi connectivity index (χ1) is 13.8. The molecule has 1 aliphatic rings. The van der Waals surface area contributed by atoms with Crippen molar-refractivity contribution in [2.45, 2.75) is 4.90 Å². The molecule has 29 heavy (non-hydrogen) atoms. The van der Waals surface area contributed by atoms with Crippen LogP contribution in [0.15, 0.2) is 50.7 Å². The van der Waals surface area contributed by atoms with Crippen molar-refractivity contribution >= 4 is 28.0 Å². The molecule has 1 aliphatic heterocycles. The van der Waals surface area contributed by atoms with Crippen molar-refractivity contribution in [2.75, 3.05) is 20.4 Å². The molecule has 3 rings (SSSR count). The first kappa shape index (κ1) is 20.3. The van der Waals surface area contributed by atoms with Crippen LogP contribution in [-0.2, 0) is 14.8 Å². The van der Waals surface area contributed by atoms with Crippen molar-refractivity contribution in [3.05, 3.63) is 53.3 Å². The number of carbonyl (C=O) groups is 1. The van der Waals surface area contributed by atoms with E-state index in [4.69, 9.17) is 14.6 Å². The third-order valence-corrected chi connectivity index (χ3v) is 5.15. The molecule has 0 unspecified atom stereocenters. The Morgan fingerprint density at radius 2 is 2.10 bits per heavy atom. The maximum atomic E-state index is 13.4. The lowest BCUT2D eigenvalue weighted by atomic mass is 10.2. The number of halogens is 1. The van der Waals surface area contributed by atoms with Crippen molar-refractivity contribution in [1.29, 1.82) is 0 Å². The molecule has 0 saturated heterocycles. The quantitative estimate of drug-likeness (QED) is 0.647. The first-order valence-corrected chi connectivity index (χ1v) is 9.65. The average Bonchev–Trinajstić information content (AvgIpc) is 2.94. The van der Waals surface area contributed by atoms with Crippen molar-refractivity contribution in [2.24, 2.45) is 9.39 Å². The Bertz CT molecular complexity index is 1110. The van der Waals surface area contributed by atoms with Crippen LogP contribution in [0.4, 0.5) is 4.39 Å². The van der Waals surface area contributed by atoms with E-state index in [2.05, 4.69) is 14.7 Å². The van der Waals surface area contributed by atoms with Crippen LogP contribution < -0.4 is 14.8 Å². The fraction of sp³-hybridized carbons (Fsp3) is 0.167. The number of aliphatic imine (C=N–C) groups is 1. The lowest BCUT2D eigenvalue weighted by molar-refractivity contribution is -0.139. The van der Waals surface area contributed by atoms with E-state index in [1.807, 2.05) is 0 Å². The number of ether oxygens (including phenoxy) is 2. The number of nitrogens with zero attached hydrogens (tertiary/aromatic N) is 2. The third kappa shape index (κ3) is 4.69. The Hall–Kier alpha value is -3.47.